The van der Waals surface area contributed by atoms with Gasteiger partial charge in [0, 0.05) is 6.92 Å². The van der Waals surface area contributed by atoms with E-state index in [1.807, 2.05) is 0 Å². The van der Waals surface area contributed by atoms with Gasteiger partial charge >= 0.3 is 0 Å². The number of hydrogen-bond donors (Lipinski definition) is 1. The summed E-state index contributed by atoms with van der Waals surface area (Å²) in [5.41, 5.74) is 1.31. The molecule has 1 aliphatic rings. The predicted octanol–water partition coefficient (Wildman–Crippen LogP) is 1.99. The molecule has 0 heterocycles. The fourth-order valence-corrected chi connectivity index (χ4v) is 2.35. The van der Waals surface area contributed by atoms with Gasteiger partial charge in [0.15, 0.2) is 0 Å². The van der Waals surface area contributed by atoms with Crippen molar-refractivity contribution in [3.05, 3.63) is 9.66 Å². The van der Waals surface area contributed by atoms with Crippen molar-refractivity contribution in [2.45, 2.75) is 32.2 Å². The molecular formula is C8H12INO. The van der Waals surface area contributed by atoms with Gasteiger partial charge in [0.25, 0.3) is 0 Å². The van der Waals surface area contributed by atoms with E-state index in [2.05, 4.69) is 38.9 Å². The number of halogens is 1. The highest BCUT2D eigenvalue weighted by Gasteiger charge is 2.37. The third-order valence-corrected chi connectivity index (χ3v) is 2.94. The van der Waals surface area contributed by atoms with Crippen molar-refractivity contribution >= 4 is 28.5 Å². The number of amides is 1. The summed E-state index contributed by atoms with van der Waals surface area (Å²) in [6, 6.07) is 0. The molecule has 0 saturated heterocycles. The Kier molecular flexibility index (Phi) is 2.57. The first-order valence-corrected chi connectivity index (χ1v) is 4.91. The third kappa shape index (κ3) is 1.75. The zero-order valence-electron chi connectivity index (χ0n) is 6.78. The van der Waals surface area contributed by atoms with Crippen molar-refractivity contribution in [1.29, 1.82) is 0 Å². The van der Waals surface area contributed by atoms with Gasteiger partial charge in [-0.1, -0.05) is 22.6 Å². The van der Waals surface area contributed by atoms with Crippen LogP contribution in [0.25, 0.3) is 0 Å². The van der Waals surface area contributed by atoms with Crippen molar-refractivity contribution in [2.75, 3.05) is 0 Å². The van der Waals surface area contributed by atoms with Crippen LogP contribution in [0.1, 0.15) is 26.7 Å². The normalized spacial score (nSPS) is 33.2. The average Bonchev–Trinajstić information content (AvgIpc) is 1.85. The zero-order chi connectivity index (χ0) is 8.48. The van der Waals surface area contributed by atoms with E-state index in [0.717, 1.165) is 12.8 Å². The second-order valence-corrected chi connectivity index (χ2v) is 3.77. The molecule has 11 heavy (non-hydrogen) atoms. The Morgan fingerprint density at radius 3 is 2.73 bits per heavy atom. The molecule has 3 heteroatoms. The fourth-order valence-electron chi connectivity index (χ4n) is 1.35. The molecule has 1 amide bonds. The predicted molar refractivity (Wildman–Crippen MR) is 53.6 cm³/mol. The second kappa shape index (κ2) is 3.13. The molecule has 1 fully saturated rings. The molecule has 0 bridgehead atoms. The summed E-state index contributed by atoms with van der Waals surface area (Å²) in [5, 5.41) is 2.94. The quantitative estimate of drug-likeness (QED) is 0.718. The molecule has 1 N–H and O–H groups in total. The van der Waals surface area contributed by atoms with E-state index >= 15 is 0 Å². The molecule has 0 aliphatic heterocycles. The minimum atomic E-state index is -0.0347. The summed E-state index contributed by atoms with van der Waals surface area (Å²) in [6.45, 7) is 3.64. The van der Waals surface area contributed by atoms with Crippen molar-refractivity contribution in [3.8, 4) is 0 Å². The molecule has 0 aromatic heterocycles. The maximum absolute atomic E-state index is 10.8. The Balaban J connectivity index is 2.61. The van der Waals surface area contributed by atoms with E-state index in [1.54, 1.807) is 6.92 Å². The van der Waals surface area contributed by atoms with Crippen LogP contribution in [-0.2, 0) is 4.79 Å². The summed E-state index contributed by atoms with van der Waals surface area (Å²) >= 11 is 2.22. The standard InChI is InChI=1S/C8H12INO/c1-6(11)10-8(2)4-3-7(8)5-9/h5H,3-4H2,1-2H3,(H,10,11)/b7-5+/t8-/m0/s1/i9-4. The Morgan fingerprint density at radius 1 is 1.82 bits per heavy atom. The lowest BCUT2D eigenvalue weighted by atomic mass is 9.74. The molecular weight excluding hydrogens is 249 g/mol. The fraction of sp³-hybridized carbons (Fsp3) is 0.625. The van der Waals surface area contributed by atoms with E-state index < -0.39 is 0 Å². The maximum atomic E-state index is 10.8. The van der Waals surface area contributed by atoms with Crippen LogP contribution in [0.4, 0.5) is 0 Å². The zero-order valence-corrected chi connectivity index (χ0v) is 8.94. The molecule has 62 valence electrons. The van der Waals surface area contributed by atoms with Crippen molar-refractivity contribution in [1.82, 2.24) is 5.32 Å². The van der Waals surface area contributed by atoms with E-state index in [4.69, 9.17) is 0 Å². The van der Waals surface area contributed by atoms with Gasteiger partial charge in [0.05, 0.1) is 5.54 Å². The van der Waals surface area contributed by atoms with Crippen molar-refractivity contribution < 1.29 is 4.79 Å². The van der Waals surface area contributed by atoms with Gasteiger partial charge in [-0.15, -0.1) is 0 Å². The second-order valence-electron chi connectivity index (χ2n) is 3.15. The number of hydrogen-bond acceptors (Lipinski definition) is 1. The first kappa shape index (κ1) is 9.03. The summed E-state index contributed by atoms with van der Waals surface area (Å²) in [7, 11) is 0. The molecule has 0 unspecified atom stereocenters. The summed E-state index contributed by atoms with van der Waals surface area (Å²) in [5.74, 6) is 0.0583. The topological polar surface area (TPSA) is 29.1 Å². The van der Waals surface area contributed by atoms with Crippen LogP contribution in [0.3, 0.4) is 0 Å². The summed E-state index contributed by atoms with van der Waals surface area (Å²) < 4.78 is 2.07. The monoisotopic (exact) mass is 261 g/mol. The van der Waals surface area contributed by atoms with Gasteiger partial charge in [-0.05, 0) is 29.4 Å². The molecule has 1 saturated carbocycles. The van der Waals surface area contributed by atoms with Gasteiger partial charge in [-0.3, -0.25) is 4.79 Å². The van der Waals surface area contributed by atoms with Gasteiger partial charge < -0.3 is 5.32 Å². The van der Waals surface area contributed by atoms with Crippen LogP contribution in [0, 0.1) is 0 Å². The van der Waals surface area contributed by atoms with E-state index in [-0.39, 0.29) is 11.4 Å². The molecule has 0 aromatic carbocycles. The van der Waals surface area contributed by atoms with Gasteiger partial charge in [0.2, 0.25) is 5.91 Å². The van der Waals surface area contributed by atoms with Crippen LogP contribution in [0.15, 0.2) is 9.66 Å². The first-order chi connectivity index (χ1) is 5.08. The molecule has 0 aromatic rings. The Bertz CT molecular complexity index is 212. The lowest BCUT2D eigenvalue weighted by Gasteiger charge is -2.41. The van der Waals surface area contributed by atoms with Crippen LogP contribution in [0.5, 0.6) is 0 Å². The largest absolute Gasteiger partial charge is 0.347 e. The number of rotatable bonds is 1. The molecule has 0 radical (unpaired) electrons. The molecule has 1 atom stereocenters. The Morgan fingerprint density at radius 2 is 2.45 bits per heavy atom. The third-order valence-electron chi connectivity index (χ3n) is 2.19. The summed E-state index contributed by atoms with van der Waals surface area (Å²) in [4.78, 5) is 10.8. The van der Waals surface area contributed by atoms with Crippen LogP contribution in [-0.4, -0.2) is 11.4 Å². The highest BCUT2D eigenvalue weighted by molar-refractivity contribution is 14.1. The number of nitrogens with one attached hydrogen (secondary N) is 1. The average molecular weight is 261 g/mol. The minimum absolute atomic E-state index is 0.0347. The first-order valence-electron chi connectivity index (χ1n) is 3.67. The SMILES string of the molecule is CC(=O)N[C@@]1(C)CC/C1=C\[123I]. The molecule has 1 rings (SSSR count). The number of carbonyl (C=O) groups excluding carboxylic acids is 1. The molecule has 2 nitrogen and oxygen atoms in total. The lowest BCUT2D eigenvalue weighted by molar-refractivity contribution is -0.120. The highest BCUT2D eigenvalue weighted by Crippen LogP contribution is 2.38. The van der Waals surface area contributed by atoms with E-state index in [1.165, 1.54) is 5.57 Å². The van der Waals surface area contributed by atoms with Crippen molar-refractivity contribution in [2.24, 2.45) is 0 Å². The Labute approximate surface area is 80.6 Å². The maximum Gasteiger partial charge on any atom is 0.217 e. The minimum Gasteiger partial charge on any atom is -0.347 e. The lowest BCUT2D eigenvalue weighted by Crippen LogP contribution is -2.52. The van der Waals surface area contributed by atoms with Crippen LogP contribution >= 0.6 is 22.6 Å². The smallest absolute Gasteiger partial charge is 0.217 e. The van der Waals surface area contributed by atoms with Gasteiger partial charge in [-0.25, -0.2) is 0 Å². The van der Waals surface area contributed by atoms with Crippen LogP contribution < -0.4 is 5.32 Å². The molecule has 0 spiro atoms. The summed E-state index contributed by atoms with van der Waals surface area (Å²) in [6.07, 6.45) is 2.20. The van der Waals surface area contributed by atoms with Gasteiger partial charge in [0.1, 0.15) is 0 Å². The van der Waals surface area contributed by atoms with E-state index in [9.17, 15) is 4.79 Å². The highest BCUT2D eigenvalue weighted by atomic mass is 123. The Hall–Kier alpha value is -0.0600. The number of carbonyl (C=O) groups is 1. The molecule has 1 aliphatic carbocycles. The van der Waals surface area contributed by atoms with Crippen LogP contribution in [0.2, 0.25) is 0 Å². The van der Waals surface area contributed by atoms with Crippen molar-refractivity contribution in [3.63, 3.8) is 0 Å². The van der Waals surface area contributed by atoms with Gasteiger partial charge in [-0.2, -0.15) is 0 Å². The van der Waals surface area contributed by atoms with E-state index in [0.29, 0.717) is 0 Å².